The smallest absolute Gasteiger partial charge is 0.253 e. The Morgan fingerprint density at radius 3 is 2.44 bits per heavy atom. The van der Waals surface area contributed by atoms with E-state index in [1.807, 2.05) is 54.3 Å². The maximum atomic E-state index is 13.5. The van der Waals surface area contributed by atoms with Crippen LogP contribution in [0.3, 0.4) is 0 Å². The summed E-state index contributed by atoms with van der Waals surface area (Å²) in [7, 11) is 2.07. The van der Waals surface area contributed by atoms with Gasteiger partial charge < -0.3 is 20.4 Å². The van der Waals surface area contributed by atoms with Gasteiger partial charge in [-0.2, -0.15) is 4.98 Å². The van der Waals surface area contributed by atoms with Crippen LogP contribution in [0.25, 0.3) is 0 Å². The van der Waals surface area contributed by atoms with E-state index >= 15 is 0 Å². The molecule has 2 aromatic carbocycles. The molecule has 0 atom stereocenters. The topological polar surface area (TPSA) is 86.3 Å². The van der Waals surface area contributed by atoms with Crippen molar-refractivity contribution in [1.29, 1.82) is 0 Å². The van der Waals surface area contributed by atoms with Crippen LogP contribution in [-0.2, 0) is 6.54 Å². The summed E-state index contributed by atoms with van der Waals surface area (Å²) in [4.78, 5) is 30.3. The molecule has 8 nitrogen and oxygen atoms in total. The lowest BCUT2D eigenvalue weighted by atomic mass is 10.1. The number of benzene rings is 2. The number of hydrogen-bond acceptors (Lipinski definition) is 7. The van der Waals surface area contributed by atoms with Crippen molar-refractivity contribution in [2.24, 2.45) is 0 Å². The van der Waals surface area contributed by atoms with E-state index in [4.69, 9.17) is 0 Å². The Labute approximate surface area is 228 Å². The highest BCUT2D eigenvalue weighted by Crippen LogP contribution is 2.20. The average Bonchev–Trinajstić information content (AvgIpc) is 2.94. The van der Waals surface area contributed by atoms with Crippen molar-refractivity contribution in [3.8, 4) is 0 Å². The van der Waals surface area contributed by atoms with Crippen molar-refractivity contribution in [1.82, 2.24) is 24.8 Å². The van der Waals surface area contributed by atoms with Crippen molar-refractivity contribution in [3.63, 3.8) is 0 Å². The third kappa shape index (κ3) is 8.05. The fourth-order valence-corrected chi connectivity index (χ4v) is 4.15. The largest absolute Gasteiger partial charge is 0.340 e. The van der Waals surface area contributed by atoms with Crippen LogP contribution in [0.2, 0.25) is 0 Å². The van der Waals surface area contributed by atoms with Gasteiger partial charge in [-0.1, -0.05) is 6.07 Å². The van der Waals surface area contributed by atoms with Gasteiger partial charge in [0.1, 0.15) is 11.6 Å². The first-order chi connectivity index (χ1) is 18.9. The first kappa shape index (κ1) is 27.7. The van der Waals surface area contributed by atoms with Crippen molar-refractivity contribution < 1.29 is 9.18 Å². The molecule has 0 aliphatic carbocycles. The fraction of sp³-hybridized carbons (Fsp3) is 0.267. The van der Waals surface area contributed by atoms with E-state index in [2.05, 4.69) is 37.5 Å². The van der Waals surface area contributed by atoms with Crippen LogP contribution >= 0.6 is 0 Å². The number of anilines is 4. The molecule has 2 N–H and O–H groups in total. The molecule has 0 bridgehead atoms. The van der Waals surface area contributed by atoms with Crippen molar-refractivity contribution in [2.75, 3.05) is 37.3 Å². The average molecular weight is 528 g/mol. The zero-order valence-corrected chi connectivity index (χ0v) is 22.6. The number of nitrogens with one attached hydrogen (secondary N) is 2. The Morgan fingerprint density at radius 1 is 0.923 bits per heavy atom. The molecule has 1 amide bonds. The van der Waals surface area contributed by atoms with Crippen molar-refractivity contribution in [3.05, 3.63) is 102 Å². The summed E-state index contributed by atoms with van der Waals surface area (Å²) in [6.07, 6.45) is 4.32. The van der Waals surface area contributed by atoms with E-state index in [0.717, 1.165) is 36.6 Å². The number of nitrogens with zero attached hydrogens (tertiary/aromatic N) is 5. The third-order valence-corrected chi connectivity index (χ3v) is 6.27. The molecule has 4 rings (SSSR count). The van der Waals surface area contributed by atoms with Crippen LogP contribution < -0.4 is 10.6 Å². The van der Waals surface area contributed by atoms with E-state index in [1.165, 1.54) is 6.07 Å². The number of aromatic nitrogens is 3. The minimum atomic E-state index is -0.251. The summed E-state index contributed by atoms with van der Waals surface area (Å²) in [5.74, 6) is 0.741. The molecule has 0 saturated heterocycles. The van der Waals surface area contributed by atoms with E-state index in [0.29, 0.717) is 36.0 Å². The second-order valence-electron chi connectivity index (χ2n) is 9.35. The van der Waals surface area contributed by atoms with Gasteiger partial charge >= 0.3 is 0 Å². The van der Waals surface area contributed by atoms with Crippen LogP contribution in [0.1, 0.15) is 35.0 Å². The van der Waals surface area contributed by atoms with Gasteiger partial charge in [0, 0.05) is 49.0 Å². The molecule has 4 aromatic rings. The van der Waals surface area contributed by atoms with Gasteiger partial charge in [-0.15, -0.1) is 0 Å². The van der Waals surface area contributed by atoms with Gasteiger partial charge in [0.05, 0.1) is 5.69 Å². The van der Waals surface area contributed by atoms with Gasteiger partial charge in [-0.25, -0.2) is 9.37 Å². The standard InChI is InChI=1S/C30H34FN7O/c1-4-38(19-7-18-37(3)21-26-8-5-6-16-32-26)29(39)23-9-11-24(12-10-23)35-30-33-17-15-28(36-30)34-25-13-14-27(31)22(2)20-25/h5-6,8-17,20H,4,7,18-19,21H2,1-3H3,(H2,33,34,35,36). The van der Waals surface area contributed by atoms with Crippen molar-refractivity contribution >= 4 is 29.0 Å². The van der Waals surface area contributed by atoms with E-state index < -0.39 is 0 Å². The monoisotopic (exact) mass is 527 g/mol. The van der Waals surface area contributed by atoms with E-state index in [9.17, 15) is 9.18 Å². The molecule has 0 aliphatic rings. The van der Waals surface area contributed by atoms with Gasteiger partial charge in [-0.05, 0) is 100 Å². The number of aryl methyl sites for hydroxylation is 1. The SMILES string of the molecule is CCN(CCCN(C)Cc1ccccn1)C(=O)c1ccc(Nc2nccc(Nc3ccc(F)c(C)c3)n2)cc1. The normalized spacial score (nSPS) is 10.9. The van der Waals surface area contributed by atoms with E-state index in [1.54, 1.807) is 37.5 Å². The van der Waals surface area contributed by atoms with E-state index in [-0.39, 0.29) is 11.7 Å². The van der Waals surface area contributed by atoms with Crippen LogP contribution in [0.15, 0.2) is 79.1 Å². The number of hydrogen-bond donors (Lipinski definition) is 2. The van der Waals surface area contributed by atoms with Crippen LogP contribution in [-0.4, -0.2) is 57.3 Å². The molecule has 39 heavy (non-hydrogen) atoms. The second-order valence-corrected chi connectivity index (χ2v) is 9.35. The molecule has 0 unspecified atom stereocenters. The number of halogens is 1. The number of carbonyl (C=O) groups is 1. The molecular weight excluding hydrogens is 493 g/mol. The zero-order chi connectivity index (χ0) is 27.6. The third-order valence-electron chi connectivity index (χ3n) is 6.27. The van der Waals surface area contributed by atoms with Gasteiger partial charge in [0.25, 0.3) is 5.91 Å². The number of pyridine rings is 1. The lowest BCUT2D eigenvalue weighted by Crippen LogP contribution is -2.33. The molecule has 0 saturated carbocycles. The van der Waals surface area contributed by atoms with Crippen LogP contribution in [0.5, 0.6) is 0 Å². The summed E-state index contributed by atoms with van der Waals surface area (Å²) in [5.41, 5.74) is 3.72. The Morgan fingerprint density at radius 2 is 1.72 bits per heavy atom. The van der Waals surface area contributed by atoms with Crippen LogP contribution in [0, 0.1) is 12.7 Å². The Balaban J connectivity index is 1.29. The minimum Gasteiger partial charge on any atom is -0.340 e. The maximum Gasteiger partial charge on any atom is 0.253 e. The molecule has 9 heteroatoms. The summed E-state index contributed by atoms with van der Waals surface area (Å²) >= 11 is 0. The summed E-state index contributed by atoms with van der Waals surface area (Å²) in [5, 5.41) is 6.33. The Kier molecular flexibility index (Phi) is 9.53. The minimum absolute atomic E-state index is 0.00784. The lowest BCUT2D eigenvalue weighted by molar-refractivity contribution is 0.0757. The van der Waals surface area contributed by atoms with Gasteiger partial charge in [-0.3, -0.25) is 9.78 Å². The summed E-state index contributed by atoms with van der Waals surface area (Å²) < 4.78 is 13.5. The number of rotatable bonds is 12. The first-order valence-electron chi connectivity index (χ1n) is 13.0. The van der Waals surface area contributed by atoms with Gasteiger partial charge in [0.2, 0.25) is 5.95 Å². The highest BCUT2D eigenvalue weighted by molar-refractivity contribution is 5.94. The predicted molar refractivity (Wildman–Crippen MR) is 153 cm³/mol. The van der Waals surface area contributed by atoms with Crippen LogP contribution in [0.4, 0.5) is 27.5 Å². The lowest BCUT2D eigenvalue weighted by Gasteiger charge is -2.23. The molecule has 0 radical (unpaired) electrons. The highest BCUT2D eigenvalue weighted by Gasteiger charge is 2.14. The number of carbonyl (C=O) groups excluding carboxylic acids is 1. The molecule has 0 spiro atoms. The highest BCUT2D eigenvalue weighted by atomic mass is 19.1. The quantitative estimate of drug-likeness (QED) is 0.241. The molecule has 2 aromatic heterocycles. The maximum absolute atomic E-state index is 13.5. The summed E-state index contributed by atoms with van der Waals surface area (Å²) in [6, 6.07) is 19.8. The summed E-state index contributed by atoms with van der Waals surface area (Å²) in [6.45, 7) is 6.69. The fourth-order valence-electron chi connectivity index (χ4n) is 4.15. The molecule has 2 heterocycles. The van der Waals surface area contributed by atoms with Gasteiger partial charge in [0.15, 0.2) is 0 Å². The molecular formula is C30H34FN7O. The Hall–Kier alpha value is -4.37. The zero-order valence-electron chi connectivity index (χ0n) is 22.6. The first-order valence-corrected chi connectivity index (χ1v) is 13.0. The molecule has 0 aliphatic heterocycles. The molecule has 0 fully saturated rings. The number of amides is 1. The Bertz CT molecular complexity index is 1370. The van der Waals surface area contributed by atoms with Crippen molar-refractivity contribution in [2.45, 2.75) is 26.8 Å². The predicted octanol–water partition coefficient (Wildman–Crippen LogP) is 5.79. The molecule has 202 valence electrons. The second kappa shape index (κ2) is 13.4.